The number of aliphatic hydroxyl groups is 1. The van der Waals surface area contributed by atoms with E-state index in [0.717, 1.165) is 119 Å². The predicted octanol–water partition coefficient (Wildman–Crippen LogP) is 7.40. The quantitative estimate of drug-likeness (QED) is 0.151. The van der Waals surface area contributed by atoms with Crippen LogP contribution in [0, 0.1) is 5.82 Å². The summed E-state index contributed by atoms with van der Waals surface area (Å²) in [5.74, 6) is 2.49. The van der Waals surface area contributed by atoms with Crippen molar-refractivity contribution in [2.75, 3.05) is 59.0 Å². The summed E-state index contributed by atoms with van der Waals surface area (Å²) in [6, 6.07) is 6.01. The summed E-state index contributed by atoms with van der Waals surface area (Å²) in [7, 11) is 3.28. The third-order valence-corrected chi connectivity index (χ3v) is 8.25. The van der Waals surface area contributed by atoms with Crippen molar-refractivity contribution < 1.29 is 33.6 Å². The maximum absolute atomic E-state index is 14.6. The highest BCUT2D eigenvalue weighted by atomic mass is 19.1. The number of aliphatic hydroxyl groups excluding tert-OH is 1. The normalized spacial score (nSPS) is 14.6. The van der Waals surface area contributed by atoms with E-state index in [0.29, 0.717) is 11.7 Å². The molecule has 3 N–H and O–H groups in total. The molecule has 3 heterocycles. The fraction of sp³-hybridized carbons (Fsp3) is 0.667. The molecule has 1 fully saturated rings. The first-order chi connectivity index (χ1) is 22.4. The molecule has 1 unspecified atom stereocenters. The van der Waals surface area contributed by atoms with Gasteiger partial charge in [-0.2, -0.15) is 0 Å². The van der Waals surface area contributed by atoms with E-state index in [4.69, 9.17) is 29.2 Å². The molecule has 2 aliphatic heterocycles. The SMILES string of the molecule is CC.CCCN(CC)C(C)c1cc(C2CCOCC2)cc(F)c1OC.COc1cc(CCCCCO)nc2c1CCCN2.O=CO. The van der Waals surface area contributed by atoms with E-state index < -0.39 is 0 Å². The number of pyridine rings is 1. The number of halogens is 1. The number of aromatic nitrogens is 1. The number of hydrogen-bond acceptors (Lipinski definition) is 8. The van der Waals surface area contributed by atoms with Crippen molar-refractivity contribution in [3.05, 3.63) is 46.4 Å². The number of carboxylic acid groups (broad SMARTS) is 1. The van der Waals surface area contributed by atoms with Crippen molar-refractivity contribution >= 4 is 12.3 Å². The van der Waals surface area contributed by atoms with Crippen LogP contribution in [0.3, 0.4) is 0 Å². The lowest BCUT2D eigenvalue weighted by Gasteiger charge is -2.30. The molecule has 4 rings (SSSR count). The van der Waals surface area contributed by atoms with Gasteiger partial charge in [-0.3, -0.25) is 9.69 Å². The molecule has 9 nitrogen and oxygen atoms in total. The lowest BCUT2D eigenvalue weighted by molar-refractivity contribution is -0.122. The van der Waals surface area contributed by atoms with Crippen LogP contribution in [0.4, 0.5) is 10.2 Å². The van der Waals surface area contributed by atoms with Gasteiger partial charge in [-0.25, -0.2) is 9.37 Å². The molecule has 46 heavy (non-hydrogen) atoms. The van der Waals surface area contributed by atoms with Crippen LogP contribution in [-0.2, 0) is 22.4 Å². The van der Waals surface area contributed by atoms with Gasteiger partial charge in [0.2, 0.25) is 0 Å². The smallest absolute Gasteiger partial charge is 0.290 e. The number of anilines is 1. The van der Waals surface area contributed by atoms with Crippen LogP contribution in [0.2, 0.25) is 0 Å². The summed E-state index contributed by atoms with van der Waals surface area (Å²) in [5, 5.41) is 19.0. The molecular weight excluding hydrogens is 589 g/mol. The molecule has 2 aromatic rings. The highest BCUT2D eigenvalue weighted by Gasteiger charge is 2.24. The molecule has 0 spiro atoms. The molecule has 1 aromatic heterocycles. The Hall–Kier alpha value is -2.95. The monoisotopic (exact) mass is 649 g/mol. The summed E-state index contributed by atoms with van der Waals surface area (Å²) >= 11 is 0. The zero-order chi connectivity index (χ0) is 34.3. The Morgan fingerprint density at radius 3 is 2.41 bits per heavy atom. The average Bonchev–Trinajstić information content (AvgIpc) is 3.10. The van der Waals surface area contributed by atoms with Gasteiger partial charge in [-0.05, 0) is 88.9 Å². The molecule has 0 amide bonds. The van der Waals surface area contributed by atoms with E-state index in [1.807, 2.05) is 13.8 Å². The summed E-state index contributed by atoms with van der Waals surface area (Å²) in [6.07, 6.45) is 9.14. The molecule has 0 aliphatic carbocycles. The summed E-state index contributed by atoms with van der Waals surface area (Å²) < 4.78 is 30.9. The maximum atomic E-state index is 14.6. The topological polar surface area (TPSA) is 113 Å². The number of hydrogen-bond donors (Lipinski definition) is 3. The number of unbranched alkanes of at least 4 members (excludes halogenated alkanes) is 2. The van der Waals surface area contributed by atoms with Gasteiger partial charge < -0.3 is 29.7 Å². The molecule has 1 aromatic carbocycles. The number of benzene rings is 1. The fourth-order valence-corrected chi connectivity index (χ4v) is 5.90. The minimum atomic E-state index is -0.250. The standard InChI is InChI=1S/C19H30FNO2.C14H22N2O2.C2H6.CH2O2/c1-5-9-21(6-2)14(3)17-12-16(13-18(20)19(17)22-4)15-7-10-23-11-8-15;1-18-13-10-11(6-3-2-4-9-17)16-14-12(13)7-5-8-15-14;1-2;2-1-3/h12-15H,5-11H2,1-4H3;10,17H,2-9H2,1H3,(H,15,16);1-2H3;1H,(H,2,3). The van der Waals surface area contributed by atoms with Crippen LogP contribution in [0.25, 0.3) is 0 Å². The zero-order valence-electron chi connectivity index (χ0n) is 29.4. The van der Waals surface area contributed by atoms with Crippen molar-refractivity contribution in [3.8, 4) is 11.5 Å². The van der Waals surface area contributed by atoms with Crippen molar-refractivity contribution in [1.82, 2.24) is 9.88 Å². The Balaban J connectivity index is 0.000000412. The first kappa shape index (κ1) is 41.1. The van der Waals surface area contributed by atoms with Crippen LogP contribution in [0.15, 0.2) is 18.2 Å². The number of fused-ring (bicyclic) bond motifs is 1. The number of carbonyl (C=O) groups is 1. The van der Waals surface area contributed by atoms with E-state index >= 15 is 0 Å². The average molecular weight is 650 g/mol. The highest BCUT2D eigenvalue weighted by molar-refractivity contribution is 5.54. The van der Waals surface area contributed by atoms with Crippen LogP contribution in [0.5, 0.6) is 11.5 Å². The van der Waals surface area contributed by atoms with Gasteiger partial charge in [0.15, 0.2) is 11.6 Å². The van der Waals surface area contributed by atoms with Gasteiger partial charge in [-0.15, -0.1) is 0 Å². The van der Waals surface area contributed by atoms with Crippen molar-refractivity contribution in [1.29, 1.82) is 0 Å². The van der Waals surface area contributed by atoms with Crippen LogP contribution in [-0.4, -0.2) is 80.2 Å². The molecule has 0 radical (unpaired) electrons. The van der Waals surface area contributed by atoms with E-state index in [-0.39, 0.29) is 24.9 Å². The third-order valence-electron chi connectivity index (χ3n) is 8.25. The number of ether oxygens (including phenoxy) is 3. The van der Waals surface area contributed by atoms with Crippen LogP contribution in [0.1, 0.15) is 114 Å². The van der Waals surface area contributed by atoms with Crippen molar-refractivity contribution in [3.63, 3.8) is 0 Å². The summed E-state index contributed by atoms with van der Waals surface area (Å²) in [6.45, 7) is 15.0. The van der Waals surface area contributed by atoms with Gasteiger partial charge in [0.25, 0.3) is 6.47 Å². The first-order valence-corrected chi connectivity index (χ1v) is 17.1. The van der Waals surface area contributed by atoms with Gasteiger partial charge in [0, 0.05) is 55.3 Å². The Morgan fingerprint density at radius 2 is 1.83 bits per heavy atom. The second kappa shape index (κ2) is 24.3. The lowest BCUT2D eigenvalue weighted by atomic mass is 9.89. The zero-order valence-corrected chi connectivity index (χ0v) is 29.4. The first-order valence-electron chi connectivity index (χ1n) is 17.1. The number of methoxy groups -OCH3 is 2. The Kier molecular flexibility index (Phi) is 21.7. The Morgan fingerprint density at radius 1 is 1.13 bits per heavy atom. The molecule has 2 aliphatic rings. The lowest BCUT2D eigenvalue weighted by Crippen LogP contribution is -2.28. The van der Waals surface area contributed by atoms with E-state index in [2.05, 4.69) is 48.1 Å². The number of rotatable bonds is 13. The summed E-state index contributed by atoms with van der Waals surface area (Å²) in [4.78, 5) is 15.4. The largest absolute Gasteiger partial charge is 0.496 e. The maximum Gasteiger partial charge on any atom is 0.290 e. The second-order valence-corrected chi connectivity index (χ2v) is 11.1. The fourth-order valence-electron chi connectivity index (χ4n) is 5.90. The van der Waals surface area contributed by atoms with E-state index in [9.17, 15) is 4.39 Å². The van der Waals surface area contributed by atoms with Gasteiger partial charge >= 0.3 is 0 Å². The highest BCUT2D eigenvalue weighted by Crippen LogP contribution is 2.37. The molecule has 1 saturated heterocycles. The van der Waals surface area contributed by atoms with Crippen molar-refractivity contribution in [2.24, 2.45) is 0 Å². The number of nitrogens with one attached hydrogen (secondary N) is 1. The minimum Gasteiger partial charge on any atom is -0.496 e. The number of nitrogens with zero attached hydrogens (tertiary/aromatic N) is 2. The Bertz CT molecular complexity index is 1100. The molecule has 10 heteroatoms. The minimum absolute atomic E-state index is 0.143. The molecule has 0 saturated carbocycles. The third kappa shape index (κ3) is 13.0. The van der Waals surface area contributed by atoms with Crippen LogP contribution >= 0.6 is 0 Å². The van der Waals surface area contributed by atoms with E-state index in [1.54, 1.807) is 20.3 Å². The molecule has 0 bridgehead atoms. The second-order valence-electron chi connectivity index (χ2n) is 11.1. The molecule has 1 atom stereocenters. The predicted molar refractivity (Wildman–Crippen MR) is 184 cm³/mol. The Labute approximate surface area is 276 Å². The van der Waals surface area contributed by atoms with Gasteiger partial charge in [0.05, 0.1) is 14.2 Å². The molecule has 262 valence electrons. The van der Waals surface area contributed by atoms with Crippen LogP contribution < -0.4 is 14.8 Å². The van der Waals surface area contributed by atoms with E-state index in [1.165, 1.54) is 5.56 Å². The summed E-state index contributed by atoms with van der Waals surface area (Å²) in [5.41, 5.74) is 4.34. The van der Waals surface area contributed by atoms with Gasteiger partial charge in [-0.1, -0.05) is 40.2 Å². The molecular formula is C36H60FN3O6. The van der Waals surface area contributed by atoms with Gasteiger partial charge in [0.1, 0.15) is 11.6 Å². The number of aryl methyl sites for hydroxylation is 1. The van der Waals surface area contributed by atoms with Crippen molar-refractivity contribution in [2.45, 2.75) is 104 Å².